The summed E-state index contributed by atoms with van der Waals surface area (Å²) in [5, 5.41) is 9.90. The molecule has 0 radical (unpaired) electrons. The van der Waals surface area contributed by atoms with Crippen LogP contribution < -0.4 is 5.73 Å². The van der Waals surface area contributed by atoms with E-state index >= 15 is 0 Å². The van der Waals surface area contributed by atoms with Crippen LogP contribution >= 0.6 is 11.6 Å². The number of nitrogen functional groups attached to an aromatic ring is 1. The van der Waals surface area contributed by atoms with Crippen LogP contribution in [0.2, 0.25) is 5.02 Å². The third-order valence-electron chi connectivity index (χ3n) is 4.17. The zero-order valence-electron chi connectivity index (χ0n) is 11.0. The highest BCUT2D eigenvalue weighted by atomic mass is 35.5. The summed E-state index contributed by atoms with van der Waals surface area (Å²) in [5.41, 5.74) is 6.70. The van der Waals surface area contributed by atoms with Gasteiger partial charge in [-0.05, 0) is 36.8 Å². The molecule has 0 aliphatic heterocycles. The van der Waals surface area contributed by atoms with Gasteiger partial charge in [0.15, 0.2) is 0 Å². The Morgan fingerprint density at radius 2 is 2.32 bits per heavy atom. The quantitative estimate of drug-likeness (QED) is 0.892. The maximum Gasteiger partial charge on any atom is 0.307 e. The lowest BCUT2D eigenvalue weighted by Gasteiger charge is -2.34. The molecule has 3 atom stereocenters. The fourth-order valence-electron chi connectivity index (χ4n) is 3.03. The molecule has 104 valence electrons. The predicted octanol–water partition coefficient (Wildman–Crippen LogP) is 3.31. The van der Waals surface area contributed by atoms with Gasteiger partial charge in [0.05, 0.1) is 10.9 Å². The van der Waals surface area contributed by atoms with Crippen LogP contribution in [0, 0.1) is 11.8 Å². The Labute approximate surface area is 118 Å². The molecule has 1 aromatic heterocycles. The van der Waals surface area contributed by atoms with Crippen LogP contribution in [0.25, 0.3) is 0 Å². The lowest BCUT2D eigenvalue weighted by Crippen LogP contribution is -2.29. The summed E-state index contributed by atoms with van der Waals surface area (Å²) in [6.07, 6.45) is 5.08. The minimum atomic E-state index is -0.751. The van der Waals surface area contributed by atoms with Gasteiger partial charge in [0.1, 0.15) is 5.82 Å². The van der Waals surface area contributed by atoms with Gasteiger partial charge >= 0.3 is 5.97 Å². The van der Waals surface area contributed by atoms with Crippen molar-refractivity contribution in [3.63, 3.8) is 0 Å². The molecule has 1 heterocycles. The summed E-state index contributed by atoms with van der Waals surface area (Å²) in [4.78, 5) is 15.5. The normalized spacial score (nSPS) is 27.2. The summed E-state index contributed by atoms with van der Waals surface area (Å²) in [6, 6.07) is 1.77. The Bertz CT molecular complexity index is 479. The van der Waals surface area contributed by atoms with Crippen LogP contribution in [-0.4, -0.2) is 16.1 Å². The van der Waals surface area contributed by atoms with E-state index in [1.807, 2.05) is 0 Å². The first-order chi connectivity index (χ1) is 9.02. The SMILES string of the molecule is CCC1CCC(C(=O)O)C(c2cc(Cl)cnc2N)C1. The Kier molecular flexibility index (Phi) is 4.30. The monoisotopic (exact) mass is 282 g/mol. The third-order valence-corrected chi connectivity index (χ3v) is 4.38. The number of aromatic nitrogens is 1. The van der Waals surface area contributed by atoms with Crippen molar-refractivity contribution >= 4 is 23.4 Å². The first-order valence-corrected chi connectivity index (χ1v) is 7.04. The molecule has 5 heteroatoms. The second kappa shape index (κ2) is 5.78. The van der Waals surface area contributed by atoms with Crippen LogP contribution in [0.5, 0.6) is 0 Å². The van der Waals surface area contributed by atoms with Gasteiger partial charge < -0.3 is 10.8 Å². The topological polar surface area (TPSA) is 76.2 Å². The zero-order valence-corrected chi connectivity index (χ0v) is 11.7. The Morgan fingerprint density at radius 3 is 2.95 bits per heavy atom. The molecule has 4 nitrogen and oxygen atoms in total. The van der Waals surface area contributed by atoms with E-state index in [-0.39, 0.29) is 11.8 Å². The number of nitrogens with two attached hydrogens (primary N) is 1. The number of rotatable bonds is 3. The van der Waals surface area contributed by atoms with Gasteiger partial charge in [0, 0.05) is 12.1 Å². The second-order valence-electron chi connectivity index (χ2n) is 5.27. The number of hydrogen-bond acceptors (Lipinski definition) is 3. The standard InChI is InChI=1S/C14H19ClN2O2/c1-2-8-3-4-10(14(18)19)11(5-8)12-6-9(15)7-17-13(12)16/h6-8,10-11H,2-5H2,1H3,(H2,16,17)(H,18,19). The molecule has 1 aliphatic rings. The molecule has 3 N–H and O–H groups in total. The molecule has 0 spiro atoms. The number of pyridine rings is 1. The van der Waals surface area contributed by atoms with Crippen molar-refractivity contribution in [3.05, 3.63) is 22.8 Å². The lowest BCUT2D eigenvalue weighted by molar-refractivity contribution is -0.143. The average molecular weight is 283 g/mol. The van der Waals surface area contributed by atoms with Crippen molar-refractivity contribution in [2.75, 3.05) is 5.73 Å². The predicted molar refractivity (Wildman–Crippen MR) is 75.2 cm³/mol. The van der Waals surface area contributed by atoms with E-state index in [2.05, 4.69) is 11.9 Å². The number of anilines is 1. The van der Waals surface area contributed by atoms with Crippen molar-refractivity contribution in [2.45, 2.75) is 38.5 Å². The van der Waals surface area contributed by atoms with Crippen molar-refractivity contribution < 1.29 is 9.90 Å². The van der Waals surface area contributed by atoms with Gasteiger partial charge in [-0.3, -0.25) is 4.79 Å². The molecule has 0 saturated heterocycles. The number of nitrogens with zero attached hydrogens (tertiary/aromatic N) is 1. The molecular weight excluding hydrogens is 264 g/mol. The van der Waals surface area contributed by atoms with E-state index in [0.717, 1.165) is 24.8 Å². The molecule has 1 fully saturated rings. The summed E-state index contributed by atoms with van der Waals surface area (Å²) in [6.45, 7) is 2.14. The Morgan fingerprint density at radius 1 is 1.58 bits per heavy atom. The molecule has 0 aromatic carbocycles. The minimum absolute atomic E-state index is 0.0811. The number of halogens is 1. The minimum Gasteiger partial charge on any atom is -0.481 e. The molecule has 1 aliphatic carbocycles. The van der Waals surface area contributed by atoms with Crippen molar-refractivity contribution in [2.24, 2.45) is 11.8 Å². The molecule has 1 saturated carbocycles. The molecule has 3 unspecified atom stereocenters. The van der Waals surface area contributed by atoms with E-state index in [0.29, 0.717) is 23.2 Å². The molecule has 19 heavy (non-hydrogen) atoms. The Hall–Kier alpha value is -1.29. The van der Waals surface area contributed by atoms with Gasteiger partial charge in [0.25, 0.3) is 0 Å². The molecule has 0 bridgehead atoms. The lowest BCUT2D eigenvalue weighted by atomic mass is 9.70. The summed E-state index contributed by atoms with van der Waals surface area (Å²) >= 11 is 5.97. The van der Waals surface area contributed by atoms with Gasteiger partial charge in [-0.25, -0.2) is 4.98 Å². The van der Waals surface area contributed by atoms with E-state index < -0.39 is 5.97 Å². The third kappa shape index (κ3) is 3.00. The largest absolute Gasteiger partial charge is 0.481 e. The van der Waals surface area contributed by atoms with Gasteiger partial charge in [-0.15, -0.1) is 0 Å². The van der Waals surface area contributed by atoms with Crippen LogP contribution in [0.15, 0.2) is 12.3 Å². The number of aliphatic carboxylic acids is 1. The highest BCUT2D eigenvalue weighted by molar-refractivity contribution is 6.30. The molecule has 0 amide bonds. The van der Waals surface area contributed by atoms with Gasteiger partial charge in [-0.1, -0.05) is 24.9 Å². The first-order valence-electron chi connectivity index (χ1n) is 6.66. The van der Waals surface area contributed by atoms with Gasteiger partial charge in [0.2, 0.25) is 0 Å². The number of carboxylic acids is 1. The smallest absolute Gasteiger partial charge is 0.307 e. The van der Waals surface area contributed by atoms with Crippen molar-refractivity contribution in [1.29, 1.82) is 0 Å². The summed E-state index contributed by atoms with van der Waals surface area (Å²) < 4.78 is 0. The van der Waals surface area contributed by atoms with E-state index in [4.69, 9.17) is 17.3 Å². The van der Waals surface area contributed by atoms with Crippen LogP contribution in [0.3, 0.4) is 0 Å². The fourth-order valence-corrected chi connectivity index (χ4v) is 3.20. The van der Waals surface area contributed by atoms with Crippen LogP contribution in [0.4, 0.5) is 5.82 Å². The van der Waals surface area contributed by atoms with E-state index in [1.165, 1.54) is 6.20 Å². The van der Waals surface area contributed by atoms with E-state index in [1.54, 1.807) is 6.07 Å². The van der Waals surface area contributed by atoms with E-state index in [9.17, 15) is 9.90 Å². The summed E-state index contributed by atoms with van der Waals surface area (Å²) in [7, 11) is 0. The van der Waals surface area contributed by atoms with Crippen molar-refractivity contribution in [3.8, 4) is 0 Å². The van der Waals surface area contributed by atoms with Crippen molar-refractivity contribution in [1.82, 2.24) is 4.98 Å². The van der Waals surface area contributed by atoms with Crippen LogP contribution in [-0.2, 0) is 4.79 Å². The Balaban J connectivity index is 2.35. The van der Waals surface area contributed by atoms with Crippen LogP contribution in [0.1, 0.15) is 44.1 Å². The molecule has 2 rings (SSSR count). The maximum absolute atomic E-state index is 11.4. The zero-order chi connectivity index (χ0) is 14.0. The number of carbonyl (C=O) groups is 1. The van der Waals surface area contributed by atoms with Gasteiger partial charge in [-0.2, -0.15) is 0 Å². The summed E-state index contributed by atoms with van der Waals surface area (Å²) in [5.74, 6) is -0.261. The second-order valence-corrected chi connectivity index (χ2v) is 5.70. The fraction of sp³-hybridized carbons (Fsp3) is 0.571. The number of carboxylic acid groups (broad SMARTS) is 1. The first kappa shape index (κ1) is 14.1. The average Bonchev–Trinajstić information content (AvgIpc) is 2.40. The molecule has 1 aromatic rings. The maximum atomic E-state index is 11.4. The molecular formula is C14H19ClN2O2. The number of hydrogen-bond donors (Lipinski definition) is 2. The highest BCUT2D eigenvalue weighted by Gasteiger charge is 2.36. The highest BCUT2D eigenvalue weighted by Crippen LogP contribution is 2.43.